The minimum atomic E-state index is -0.506. The lowest BCUT2D eigenvalue weighted by Gasteiger charge is -2.09. The molecule has 0 fully saturated rings. The average Bonchev–Trinajstić information content (AvgIpc) is 2.46. The normalized spacial score (nSPS) is 19.8. The Morgan fingerprint density at radius 1 is 1.46 bits per heavy atom. The van der Waals surface area contributed by atoms with E-state index in [1.165, 1.54) is 0 Å². The number of ether oxygens (including phenoxy) is 2. The molecule has 0 N–H and O–H groups in total. The van der Waals surface area contributed by atoms with Crippen LogP contribution in [0.5, 0.6) is 0 Å². The number of hydrogen-bond acceptors (Lipinski definition) is 3. The predicted molar refractivity (Wildman–Crippen MR) is 46.2 cm³/mol. The first-order valence-corrected chi connectivity index (χ1v) is 4.24. The van der Waals surface area contributed by atoms with Crippen molar-refractivity contribution in [3.05, 3.63) is 35.4 Å². The molecule has 1 heterocycles. The van der Waals surface area contributed by atoms with Crippen molar-refractivity contribution in [3.63, 3.8) is 0 Å². The SMILES string of the molecule is CCO[C@H]1OC(=O)c2ccccc21. The third-order valence-corrected chi connectivity index (χ3v) is 1.97. The first-order valence-electron chi connectivity index (χ1n) is 4.24. The summed E-state index contributed by atoms with van der Waals surface area (Å²) in [6, 6.07) is 7.28. The quantitative estimate of drug-likeness (QED) is 0.649. The number of hydrogen-bond donors (Lipinski definition) is 0. The summed E-state index contributed by atoms with van der Waals surface area (Å²) in [5.74, 6) is -0.297. The molecule has 2 rings (SSSR count). The zero-order valence-corrected chi connectivity index (χ0v) is 7.32. The highest BCUT2D eigenvalue weighted by Gasteiger charge is 2.30. The Kier molecular flexibility index (Phi) is 2.02. The number of cyclic esters (lactones) is 1. The van der Waals surface area contributed by atoms with Crippen LogP contribution in [0, 0.1) is 0 Å². The van der Waals surface area contributed by atoms with Crippen LogP contribution in [0.15, 0.2) is 24.3 Å². The minimum Gasteiger partial charge on any atom is -0.428 e. The van der Waals surface area contributed by atoms with Gasteiger partial charge in [0.25, 0.3) is 0 Å². The lowest BCUT2D eigenvalue weighted by Crippen LogP contribution is -2.03. The first kappa shape index (κ1) is 8.26. The molecular formula is C10H10O3. The van der Waals surface area contributed by atoms with Crippen molar-refractivity contribution < 1.29 is 14.3 Å². The number of carbonyl (C=O) groups excluding carboxylic acids is 1. The highest BCUT2D eigenvalue weighted by Crippen LogP contribution is 2.30. The molecule has 3 nitrogen and oxygen atoms in total. The van der Waals surface area contributed by atoms with Gasteiger partial charge in [-0.2, -0.15) is 0 Å². The molecule has 1 aliphatic heterocycles. The Labute approximate surface area is 76.3 Å². The lowest BCUT2D eigenvalue weighted by atomic mass is 10.1. The maximum atomic E-state index is 11.2. The Balaban J connectivity index is 2.36. The summed E-state index contributed by atoms with van der Waals surface area (Å²) >= 11 is 0. The molecule has 0 saturated carbocycles. The summed E-state index contributed by atoms with van der Waals surface area (Å²) in [5, 5.41) is 0. The molecule has 3 heteroatoms. The molecule has 1 atom stereocenters. The minimum absolute atomic E-state index is 0.297. The monoisotopic (exact) mass is 178 g/mol. The largest absolute Gasteiger partial charge is 0.428 e. The van der Waals surface area contributed by atoms with E-state index in [1.807, 2.05) is 25.1 Å². The van der Waals surface area contributed by atoms with Crippen LogP contribution in [0.2, 0.25) is 0 Å². The Morgan fingerprint density at radius 3 is 3.00 bits per heavy atom. The molecular weight excluding hydrogens is 168 g/mol. The number of carbonyl (C=O) groups is 1. The molecule has 0 unspecified atom stereocenters. The molecule has 1 aliphatic rings. The summed E-state index contributed by atoms with van der Waals surface area (Å²) in [5.41, 5.74) is 1.44. The predicted octanol–water partition coefficient (Wildman–Crippen LogP) is 1.89. The second-order valence-corrected chi connectivity index (χ2v) is 2.78. The van der Waals surface area contributed by atoms with Crippen LogP contribution in [-0.4, -0.2) is 12.6 Å². The van der Waals surface area contributed by atoms with Gasteiger partial charge in [0.15, 0.2) is 0 Å². The van der Waals surface area contributed by atoms with Gasteiger partial charge in [-0.05, 0) is 13.0 Å². The van der Waals surface area contributed by atoms with Crippen molar-refractivity contribution in [3.8, 4) is 0 Å². The summed E-state index contributed by atoms with van der Waals surface area (Å²) in [6.45, 7) is 2.40. The Hall–Kier alpha value is -1.35. The van der Waals surface area contributed by atoms with Gasteiger partial charge >= 0.3 is 5.97 Å². The number of esters is 1. The molecule has 1 aromatic rings. The van der Waals surface area contributed by atoms with E-state index in [-0.39, 0.29) is 5.97 Å². The topological polar surface area (TPSA) is 35.5 Å². The van der Waals surface area contributed by atoms with Crippen molar-refractivity contribution in [1.82, 2.24) is 0 Å². The molecule has 0 aliphatic carbocycles. The highest BCUT2D eigenvalue weighted by atomic mass is 16.7. The fourth-order valence-corrected chi connectivity index (χ4v) is 1.39. The summed E-state index contributed by atoms with van der Waals surface area (Å²) in [4.78, 5) is 11.2. The van der Waals surface area contributed by atoms with Gasteiger partial charge in [0.2, 0.25) is 6.29 Å². The summed E-state index contributed by atoms with van der Waals surface area (Å²) in [6.07, 6.45) is -0.506. The van der Waals surface area contributed by atoms with Crippen LogP contribution in [-0.2, 0) is 9.47 Å². The molecule has 0 radical (unpaired) electrons. The summed E-state index contributed by atoms with van der Waals surface area (Å²) in [7, 11) is 0. The van der Waals surface area contributed by atoms with E-state index in [0.29, 0.717) is 12.2 Å². The van der Waals surface area contributed by atoms with Crippen molar-refractivity contribution in [1.29, 1.82) is 0 Å². The number of fused-ring (bicyclic) bond motifs is 1. The Bertz CT molecular complexity index is 333. The molecule has 0 spiro atoms. The zero-order chi connectivity index (χ0) is 9.26. The van der Waals surface area contributed by atoms with Gasteiger partial charge in [-0.15, -0.1) is 0 Å². The van der Waals surface area contributed by atoms with Gasteiger partial charge in [0.05, 0.1) is 5.56 Å². The van der Waals surface area contributed by atoms with E-state index < -0.39 is 6.29 Å². The van der Waals surface area contributed by atoms with Crippen molar-refractivity contribution in [2.24, 2.45) is 0 Å². The third kappa shape index (κ3) is 1.31. The molecule has 68 valence electrons. The molecule has 0 saturated heterocycles. The average molecular weight is 178 g/mol. The zero-order valence-electron chi connectivity index (χ0n) is 7.32. The van der Waals surface area contributed by atoms with E-state index in [1.54, 1.807) is 6.07 Å². The molecule has 13 heavy (non-hydrogen) atoms. The maximum Gasteiger partial charge on any atom is 0.341 e. The molecule has 1 aromatic carbocycles. The second-order valence-electron chi connectivity index (χ2n) is 2.78. The molecule has 0 bridgehead atoms. The standard InChI is InChI=1S/C10H10O3/c1-2-12-10-8-6-4-3-5-7(8)9(11)13-10/h3-6,10H,2H2,1H3/t10-/m0/s1. The van der Waals surface area contributed by atoms with Gasteiger partial charge in [-0.1, -0.05) is 18.2 Å². The molecule has 0 aromatic heterocycles. The van der Waals surface area contributed by atoms with Crippen LogP contribution in [0.4, 0.5) is 0 Å². The van der Waals surface area contributed by atoms with E-state index in [2.05, 4.69) is 0 Å². The van der Waals surface area contributed by atoms with Crippen LogP contribution in [0.3, 0.4) is 0 Å². The molecule has 0 amide bonds. The van der Waals surface area contributed by atoms with Crippen molar-refractivity contribution in [2.45, 2.75) is 13.2 Å². The van der Waals surface area contributed by atoms with Crippen LogP contribution < -0.4 is 0 Å². The van der Waals surface area contributed by atoms with E-state index in [4.69, 9.17) is 9.47 Å². The Morgan fingerprint density at radius 2 is 2.23 bits per heavy atom. The van der Waals surface area contributed by atoms with E-state index in [0.717, 1.165) is 5.56 Å². The van der Waals surface area contributed by atoms with Crippen molar-refractivity contribution in [2.75, 3.05) is 6.61 Å². The van der Waals surface area contributed by atoms with E-state index >= 15 is 0 Å². The van der Waals surface area contributed by atoms with E-state index in [9.17, 15) is 4.79 Å². The first-order chi connectivity index (χ1) is 6.33. The smallest absolute Gasteiger partial charge is 0.341 e. The van der Waals surface area contributed by atoms with Crippen LogP contribution >= 0.6 is 0 Å². The third-order valence-electron chi connectivity index (χ3n) is 1.97. The second kappa shape index (κ2) is 3.18. The van der Waals surface area contributed by atoms with Gasteiger partial charge in [-0.3, -0.25) is 0 Å². The number of rotatable bonds is 2. The van der Waals surface area contributed by atoms with Gasteiger partial charge in [0, 0.05) is 12.2 Å². The van der Waals surface area contributed by atoms with Gasteiger partial charge < -0.3 is 9.47 Å². The van der Waals surface area contributed by atoms with Gasteiger partial charge in [-0.25, -0.2) is 4.79 Å². The number of benzene rings is 1. The lowest BCUT2D eigenvalue weighted by molar-refractivity contribution is -0.0993. The van der Waals surface area contributed by atoms with Crippen LogP contribution in [0.1, 0.15) is 29.1 Å². The fraction of sp³-hybridized carbons (Fsp3) is 0.300. The summed E-state index contributed by atoms with van der Waals surface area (Å²) < 4.78 is 10.3. The van der Waals surface area contributed by atoms with Crippen molar-refractivity contribution >= 4 is 5.97 Å². The van der Waals surface area contributed by atoms with Gasteiger partial charge in [0.1, 0.15) is 0 Å². The highest BCUT2D eigenvalue weighted by molar-refractivity contribution is 5.93. The van der Waals surface area contributed by atoms with Crippen LogP contribution in [0.25, 0.3) is 0 Å². The maximum absolute atomic E-state index is 11.2. The fourth-order valence-electron chi connectivity index (χ4n) is 1.39.